The first-order chi connectivity index (χ1) is 5.90. The summed E-state index contributed by atoms with van der Waals surface area (Å²) in [4.78, 5) is 3.01. The number of nitrogens with one attached hydrogen (secondary N) is 1. The molecule has 1 N–H and O–H groups in total. The lowest BCUT2D eigenvalue weighted by molar-refractivity contribution is 0.652. The van der Waals surface area contributed by atoms with Crippen LogP contribution in [0.15, 0.2) is 6.07 Å². The number of hydrogen-bond donors (Lipinski definition) is 1. The van der Waals surface area contributed by atoms with E-state index in [0.717, 1.165) is 25.4 Å². The van der Waals surface area contributed by atoms with Crippen LogP contribution in [0.1, 0.15) is 15.3 Å². The molecule has 0 amide bonds. The van der Waals surface area contributed by atoms with E-state index in [2.05, 4.69) is 11.4 Å². The maximum absolute atomic E-state index is 5.69. The van der Waals surface area contributed by atoms with Crippen molar-refractivity contribution >= 4 is 35.3 Å². The molecule has 0 spiro atoms. The number of thiophene rings is 1. The van der Waals surface area contributed by atoms with Crippen LogP contribution in [0.5, 0.6) is 0 Å². The Labute approximate surface area is 93.9 Å². The van der Waals surface area contributed by atoms with Crippen LogP contribution in [0, 0.1) is 0 Å². The van der Waals surface area contributed by atoms with Crippen molar-refractivity contribution in [3.05, 3.63) is 21.4 Å². The third-order valence-electron chi connectivity index (χ3n) is 2.13. The number of rotatable bonds is 2. The van der Waals surface area contributed by atoms with Gasteiger partial charge < -0.3 is 5.32 Å². The Morgan fingerprint density at radius 3 is 3.08 bits per heavy atom. The van der Waals surface area contributed by atoms with Gasteiger partial charge in [-0.3, -0.25) is 0 Å². The van der Waals surface area contributed by atoms with Crippen molar-refractivity contribution < 1.29 is 0 Å². The van der Waals surface area contributed by atoms with Crippen molar-refractivity contribution in [2.45, 2.75) is 19.4 Å². The molecule has 74 valence electrons. The van der Waals surface area contributed by atoms with E-state index in [4.69, 9.17) is 11.6 Å². The van der Waals surface area contributed by atoms with Gasteiger partial charge in [-0.25, -0.2) is 0 Å². The molecule has 0 saturated carbocycles. The normalized spacial score (nSPS) is 14.8. The van der Waals surface area contributed by atoms with Crippen molar-refractivity contribution in [1.29, 1.82) is 0 Å². The average molecular weight is 238 g/mol. The summed E-state index contributed by atoms with van der Waals surface area (Å²) in [5.41, 5.74) is 1.49. The number of fused-ring (bicyclic) bond motifs is 1. The van der Waals surface area contributed by atoms with E-state index >= 15 is 0 Å². The molecule has 1 aliphatic rings. The molecular formula is C9H13Cl2NS. The summed E-state index contributed by atoms with van der Waals surface area (Å²) in [6.45, 7) is 2.18. The predicted molar refractivity (Wildman–Crippen MR) is 61.4 cm³/mol. The Kier molecular flexibility index (Phi) is 4.53. The Balaban J connectivity index is 0.000000845. The summed E-state index contributed by atoms with van der Waals surface area (Å²) in [5.74, 6) is 0.743. The fourth-order valence-electron chi connectivity index (χ4n) is 1.53. The van der Waals surface area contributed by atoms with Gasteiger partial charge in [0, 0.05) is 28.7 Å². The zero-order valence-corrected chi connectivity index (χ0v) is 9.70. The molecule has 0 aromatic carbocycles. The number of halogens is 2. The third-order valence-corrected chi connectivity index (χ3v) is 3.62. The molecule has 2 heterocycles. The van der Waals surface area contributed by atoms with Crippen molar-refractivity contribution in [1.82, 2.24) is 5.32 Å². The first-order valence-corrected chi connectivity index (χ1v) is 5.62. The Morgan fingerprint density at radius 2 is 2.38 bits per heavy atom. The van der Waals surface area contributed by atoms with Crippen LogP contribution in [0.4, 0.5) is 0 Å². The molecule has 1 aromatic heterocycles. The minimum absolute atomic E-state index is 0. The largest absolute Gasteiger partial charge is 0.312 e. The summed E-state index contributed by atoms with van der Waals surface area (Å²) in [7, 11) is 0. The average Bonchev–Trinajstić information content (AvgIpc) is 2.47. The highest BCUT2D eigenvalue weighted by Crippen LogP contribution is 2.25. The third kappa shape index (κ3) is 2.59. The first-order valence-electron chi connectivity index (χ1n) is 4.27. The van der Waals surface area contributed by atoms with Gasteiger partial charge in [0.25, 0.3) is 0 Å². The van der Waals surface area contributed by atoms with Gasteiger partial charge in [-0.2, -0.15) is 0 Å². The SMILES string of the molecule is Cl.ClCCc1cc2c(s1)CCNC2. The predicted octanol–water partition coefficient (Wildman–Crippen LogP) is 2.60. The van der Waals surface area contributed by atoms with E-state index in [-0.39, 0.29) is 12.4 Å². The molecule has 1 aromatic rings. The van der Waals surface area contributed by atoms with Crippen molar-refractivity contribution in [3.63, 3.8) is 0 Å². The van der Waals surface area contributed by atoms with Gasteiger partial charge in [0.2, 0.25) is 0 Å². The molecule has 0 bridgehead atoms. The van der Waals surface area contributed by atoms with Crippen LogP contribution in [0.2, 0.25) is 0 Å². The summed E-state index contributed by atoms with van der Waals surface area (Å²) in [6.07, 6.45) is 2.22. The maximum Gasteiger partial charge on any atom is 0.0271 e. The second-order valence-corrected chi connectivity index (χ2v) is 4.63. The molecule has 2 rings (SSSR count). The number of alkyl halides is 1. The molecular weight excluding hydrogens is 225 g/mol. The van der Waals surface area contributed by atoms with Gasteiger partial charge >= 0.3 is 0 Å². The smallest absolute Gasteiger partial charge is 0.0271 e. The van der Waals surface area contributed by atoms with Crippen LogP contribution in [-0.4, -0.2) is 12.4 Å². The zero-order chi connectivity index (χ0) is 8.39. The molecule has 4 heteroatoms. The molecule has 13 heavy (non-hydrogen) atoms. The van der Waals surface area contributed by atoms with Crippen LogP contribution >= 0.6 is 35.3 Å². The quantitative estimate of drug-likeness (QED) is 0.781. The van der Waals surface area contributed by atoms with E-state index in [1.807, 2.05) is 11.3 Å². The lowest BCUT2D eigenvalue weighted by Gasteiger charge is -2.10. The zero-order valence-electron chi connectivity index (χ0n) is 7.31. The minimum atomic E-state index is 0. The summed E-state index contributed by atoms with van der Waals surface area (Å²) < 4.78 is 0. The Morgan fingerprint density at radius 1 is 1.54 bits per heavy atom. The lowest BCUT2D eigenvalue weighted by Crippen LogP contribution is -2.21. The van der Waals surface area contributed by atoms with E-state index < -0.39 is 0 Å². The van der Waals surface area contributed by atoms with Gasteiger partial charge in [0.15, 0.2) is 0 Å². The van der Waals surface area contributed by atoms with Gasteiger partial charge in [0.05, 0.1) is 0 Å². The van der Waals surface area contributed by atoms with E-state index in [1.165, 1.54) is 16.9 Å². The van der Waals surface area contributed by atoms with Gasteiger partial charge in [-0.05, 0) is 24.5 Å². The van der Waals surface area contributed by atoms with Crippen LogP contribution < -0.4 is 5.32 Å². The molecule has 1 aliphatic heterocycles. The van der Waals surface area contributed by atoms with E-state index in [0.29, 0.717) is 0 Å². The van der Waals surface area contributed by atoms with E-state index in [9.17, 15) is 0 Å². The standard InChI is InChI=1S/C9H12ClNS.ClH/c10-3-1-8-5-7-6-11-4-2-9(7)12-8;/h5,11H,1-4,6H2;1H. The van der Waals surface area contributed by atoms with Crippen LogP contribution in [-0.2, 0) is 19.4 Å². The van der Waals surface area contributed by atoms with Crippen molar-refractivity contribution in [2.75, 3.05) is 12.4 Å². The highest BCUT2D eigenvalue weighted by atomic mass is 35.5. The molecule has 0 saturated heterocycles. The molecule has 0 atom stereocenters. The number of hydrogen-bond acceptors (Lipinski definition) is 2. The van der Waals surface area contributed by atoms with Crippen molar-refractivity contribution in [3.8, 4) is 0 Å². The maximum atomic E-state index is 5.69. The minimum Gasteiger partial charge on any atom is -0.312 e. The summed E-state index contributed by atoms with van der Waals surface area (Å²) in [6, 6.07) is 2.30. The fourth-order valence-corrected chi connectivity index (χ4v) is 3.03. The van der Waals surface area contributed by atoms with Crippen LogP contribution in [0.25, 0.3) is 0 Å². The second kappa shape index (κ2) is 5.20. The molecule has 1 nitrogen and oxygen atoms in total. The summed E-state index contributed by atoms with van der Waals surface area (Å²) >= 11 is 7.63. The molecule has 0 radical (unpaired) electrons. The van der Waals surface area contributed by atoms with Crippen LogP contribution in [0.3, 0.4) is 0 Å². The molecule has 0 aliphatic carbocycles. The monoisotopic (exact) mass is 237 g/mol. The Hall–Kier alpha value is 0.240. The second-order valence-electron chi connectivity index (χ2n) is 3.03. The number of aryl methyl sites for hydroxylation is 1. The Bertz CT molecular complexity index is 249. The highest BCUT2D eigenvalue weighted by Gasteiger charge is 2.11. The first kappa shape index (κ1) is 11.3. The highest BCUT2D eigenvalue weighted by molar-refractivity contribution is 7.12. The topological polar surface area (TPSA) is 12.0 Å². The summed E-state index contributed by atoms with van der Waals surface area (Å²) in [5, 5.41) is 3.37. The van der Waals surface area contributed by atoms with Gasteiger partial charge in [-0.15, -0.1) is 35.3 Å². The molecule has 0 unspecified atom stereocenters. The van der Waals surface area contributed by atoms with Crippen molar-refractivity contribution in [2.24, 2.45) is 0 Å². The molecule has 0 fully saturated rings. The van der Waals surface area contributed by atoms with Gasteiger partial charge in [-0.1, -0.05) is 0 Å². The van der Waals surface area contributed by atoms with E-state index in [1.54, 1.807) is 4.88 Å². The van der Waals surface area contributed by atoms with Gasteiger partial charge in [0.1, 0.15) is 0 Å². The fraction of sp³-hybridized carbons (Fsp3) is 0.556. The lowest BCUT2D eigenvalue weighted by atomic mass is 10.1.